The Morgan fingerprint density at radius 2 is 1.29 bits per heavy atom. The zero-order chi connectivity index (χ0) is 12.1. The fourth-order valence-electron chi connectivity index (χ4n) is 1.91. The number of thiocarbonyl (C=S) groups is 1. The molecule has 0 amide bonds. The molecule has 17 heavy (non-hydrogen) atoms. The Balaban J connectivity index is 2.59. The predicted molar refractivity (Wildman–Crippen MR) is 78.8 cm³/mol. The molecule has 0 saturated carbocycles. The van der Waals surface area contributed by atoms with E-state index in [4.69, 9.17) is 12.2 Å². The first-order chi connectivity index (χ1) is 8.27. The molecular formula is C14H13NSSi. The summed E-state index contributed by atoms with van der Waals surface area (Å²) in [7, 11) is -2.09. The number of rotatable bonds is 3. The lowest BCUT2D eigenvalue weighted by Crippen LogP contribution is -2.54. The number of benzene rings is 2. The van der Waals surface area contributed by atoms with Gasteiger partial charge < -0.3 is 0 Å². The van der Waals surface area contributed by atoms with Crippen molar-refractivity contribution in [1.29, 1.82) is 0 Å². The van der Waals surface area contributed by atoms with Crippen molar-refractivity contribution in [2.24, 2.45) is 4.66 Å². The summed E-state index contributed by atoms with van der Waals surface area (Å²) in [6.45, 7) is 2.19. The molecule has 2 aromatic rings. The van der Waals surface area contributed by atoms with Gasteiger partial charge in [0.25, 0.3) is 8.24 Å². The van der Waals surface area contributed by atoms with Crippen molar-refractivity contribution in [2.75, 3.05) is 0 Å². The first kappa shape index (κ1) is 11.9. The second kappa shape index (κ2) is 5.19. The molecule has 0 aliphatic carbocycles. The molecule has 0 aliphatic heterocycles. The summed E-state index contributed by atoms with van der Waals surface area (Å²) in [6.07, 6.45) is 0. The van der Waals surface area contributed by atoms with Crippen molar-refractivity contribution in [1.82, 2.24) is 0 Å². The van der Waals surface area contributed by atoms with Gasteiger partial charge in [0.2, 0.25) is 0 Å². The first-order valence-electron chi connectivity index (χ1n) is 5.47. The normalized spacial score (nSPS) is 10.6. The molecule has 84 valence electrons. The highest BCUT2D eigenvalue weighted by Crippen LogP contribution is 2.06. The molecule has 0 radical (unpaired) electrons. The van der Waals surface area contributed by atoms with Crippen molar-refractivity contribution in [3.8, 4) is 0 Å². The van der Waals surface area contributed by atoms with Crippen LogP contribution in [-0.4, -0.2) is 13.4 Å². The average molecular weight is 255 g/mol. The summed E-state index contributed by atoms with van der Waals surface area (Å²) in [5, 5.41) is 5.08. The van der Waals surface area contributed by atoms with Gasteiger partial charge in [0.15, 0.2) is 0 Å². The molecule has 0 aliphatic rings. The maximum absolute atomic E-state index is 4.82. The van der Waals surface area contributed by atoms with E-state index in [9.17, 15) is 0 Å². The number of hydrogen-bond acceptors (Lipinski definition) is 2. The van der Waals surface area contributed by atoms with Crippen LogP contribution in [0.25, 0.3) is 0 Å². The maximum Gasteiger partial charge on any atom is 0.252 e. The molecule has 0 N–H and O–H groups in total. The van der Waals surface area contributed by atoms with Crippen LogP contribution in [0.5, 0.6) is 0 Å². The van der Waals surface area contributed by atoms with Crippen LogP contribution < -0.4 is 10.4 Å². The van der Waals surface area contributed by atoms with Gasteiger partial charge in [0, 0.05) is 5.16 Å². The highest BCUT2D eigenvalue weighted by molar-refractivity contribution is 7.78. The lowest BCUT2D eigenvalue weighted by molar-refractivity contribution is 1.61. The second-order valence-corrected chi connectivity index (χ2v) is 7.71. The quantitative estimate of drug-likeness (QED) is 0.466. The molecule has 0 heterocycles. The number of isothiocyanates is 1. The molecule has 0 fully saturated rings. The third-order valence-corrected chi connectivity index (χ3v) is 6.67. The second-order valence-electron chi connectivity index (χ2n) is 4.01. The minimum Gasteiger partial charge on any atom is -0.262 e. The zero-order valence-electron chi connectivity index (χ0n) is 9.63. The van der Waals surface area contributed by atoms with Crippen LogP contribution in [0, 0.1) is 0 Å². The largest absolute Gasteiger partial charge is 0.262 e. The molecule has 3 heteroatoms. The van der Waals surface area contributed by atoms with Crippen molar-refractivity contribution >= 4 is 36.0 Å². The Kier molecular flexibility index (Phi) is 3.64. The lowest BCUT2D eigenvalue weighted by Gasteiger charge is -2.21. The van der Waals surface area contributed by atoms with E-state index in [2.05, 4.69) is 40.6 Å². The van der Waals surface area contributed by atoms with Crippen LogP contribution in [0.1, 0.15) is 0 Å². The van der Waals surface area contributed by atoms with E-state index in [1.54, 1.807) is 0 Å². The molecule has 0 bridgehead atoms. The van der Waals surface area contributed by atoms with Crippen LogP contribution in [0.4, 0.5) is 0 Å². The fourth-order valence-corrected chi connectivity index (χ4v) is 4.92. The third kappa shape index (κ3) is 2.42. The number of hydrogen-bond donors (Lipinski definition) is 0. The molecule has 0 aromatic heterocycles. The van der Waals surface area contributed by atoms with Gasteiger partial charge in [0.05, 0.1) is 0 Å². The SMILES string of the molecule is C[Si](N=C=S)(c1ccccc1)c1ccccc1. The summed E-state index contributed by atoms with van der Waals surface area (Å²) in [4.78, 5) is 0. The summed E-state index contributed by atoms with van der Waals surface area (Å²) in [6, 6.07) is 20.7. The van der Waals surface area contributed by atoms with E-state index in [1.807, 2.05) is 36.4 Å². The molecular weight excluding hydrogens is 242 g/mol. The van der Waals surface area contributed by atoms with E-state index in [0.29, 0.717) is 0 Å². The predicted octanol–water partition coefficient (Wildman–Crippen LogP) is 2.48. The van der Waals surface area contributed by atoms with E-state index in [1.165, 1.54) is 10.4 Å². The molecule has 0 unspecified atom stereocenters. The Bertz CT molecular complexity index is 493. The Morgan fingerprint density at radius 3 is 1.65 bits per heavy atom. The number of nitrogens with zero attached hydrogens (tertiary/aromatic N) is 1. The molecule has 1 nitrogen and oxygen atoms in total. The van der Waals surface area contributed by atoms with E-state index in [-0.39, 0.29) is 0 Å². The minimum atomic E-state index is -2.09. The molecule has 2 rings (SSSR count). The summed E-state index contributed by atoms with van der Waals surface area (Å²) in [5.74, 6) is 0. The highest BCUT2D eigenvalue weighted by Gasteiger charge is 2.31. The smallest absolute Gasteiger partial charge is 0.252 e. The molecule has 0 saturated heterocycles. The van der Waals surface area contributed by atoms with Crippen molar-refractivity contribution < 1.29 is 0 Å². The lowest BCUT2D eigenvalue weighted by atomic mass is 10.4. The summed E-state index contributed by atoms with van der Waals surface area (Å²) in [5.41, 5.74) is 0. The summed E-state index contributed by atoms with van der Waals surface area (Å²) >= 11 is 4.82. The highest BCUT2D eigenvalue weighted by atomic mass is 32.1. The van der Waals surface area contributed by atoms with Gasteiger partial charge in [0.1, 0.15) is 0 Å². The van der Waals surface area contributed by atoms with Gasteiger partial charge in [-0.1, -0.05) is 60.7 Å². The molecule has 2 aromatic carbocycles. The standard InChI is InChI=1S/C14H13NSSi/c1-17(15-12-16,13-8-4-2-5-9-13)14-10-6-3-7-11-14/h2-11H,1H3. The van der Waals surface area contributed by atoms with Crippen LogP contribution in [0.3, 0.4) is 0 Å². The zero-order valence-corrected chi connectivity index (χ0v) is 11.4. The Morgan fingerprint density at radius 1 is 0.882 bits per heavy atom. The van der Waals surface area contributed by atoms with E-state index in [0.717, 1.165) is 0 Å². The van der Waals surface area contributed by atoms with Crippen molar-refractivity contribution in [3.63, 3.8) is 0 Å². The van der Waals surface area contributed by atoms with Crippen LogP contribution in [0.2, 0.25) is 6.55 Å². The monoisotopic (exact) mass is 255 g/mol. The van der Waals surface area contributed by atoms with Gasteiger partial charge in [-0.25, -0.2) is 0 Å². The van der Waals surface area contributed by atoms with Crippen LogP contribution in [-0.2, 0) is 0 Å². The van der Waals surface area contributed by atoms with Gasteiger partial charge in [-0.2, -0.15) is 0 Å². The first-order valence-corrected chi connectivity index (χ1v) is 8.33. The van der Waals surface area contributed by atoms with Gasteiger partial charge in [-0.3, -0.25) is 4.66 Å². The van der Waals surface area contributed by atoms with Crippen LogP contribution in [0.15, 0.2) is 65.3 Å². The summed E-state index contributed by atoms with van der Waals surface area (Å²) < 4.78 is 4.50. The Labute approximate surface area is 108 Å². The van der Waals surface area contributed by atoms with Crippen molar-refractivity contribution in [2.45, 2.75) is 6.55 Å². The van der Waals surface area contributed by atoms with Gasteiger partial charge in [-0.15, -0.1) is 0 Å². The van der Waals surface area contributed by atoms with Crippen LogP contribution >= 0.6 is 12.2 Å². The topological polar surface area (TPSA) is 12.4 Å². The average Bonchev–Trinajstić information content (AvgIpc) is 2.41. The molecule has 0 atom stereocenters. The minimum absolute atomic E-state index is 1.25. The Hall–Kier alpha value is -1.54. The molecule has 0 spiro atoms. The van der Waals surface area contributed by atoms with E-state index >= 15 is 0 Å². The van der Waals surface area contributed by atoms with E-state index < -0.39 is 8.24 Å². The van der Waals surface area contributed by atoms with Crippen molar-refractivity contribution in [3.05, 3.63) is 60.7 Å². The third-order valence-electron chi connectivity index (χ3n) is 2.94. The maximum atomic E-state index is 4.82. The van der Waals surface area contributed by atoms with Gasteiger partial charge >= 0.3 is 0 Å². The van der Waals surface area contributed by atoms with Gasteiger partial charge in [-0.05, 0) is 29.1 Å². The fraction of sp³-hybridized carbons (Fsp3) is 0.0714.